The van der Waals surface area contributed by atoms with Gasteiger partial charge in [-0.2, -0.15) is 0 Å². The minimum Gasteiger partial charge on any atom is -0.356 e. The molecule has 3 nitrogen and oxygen atoms in total. The second-order valence-corrected chi connectivity index (χ2v) is 4.04. The van der Waals surface area contributed by atoms with E-state index in [1.54, 1.807) is 6.07 Å². The molecule has 0 aromatic heterocycles. The average Bonchev–Trinajstić information content (AvgIpc) is 2.29. The van der Waals surface area contributed by atoms with Crippen molar-refractivity contribution in [1.29, 1.82) is 0 Å². The van der Waals surface area contributed by atoms with Crippen molar-refractivity contribution in [3.63, 3.8) is 0 Å². The highest BCUT2D eigenvalue weighted by molar-refractivity contribution is 6.30. The van der Waals surface area contributed by atoms with E-state index in [0.29, 0.717) is 26.1 Å². The fourth-order valence-corrected chi connectivity index (χ4v) is 1.49. The molecule has 0 aliphatic heterocycles. The van der Waals surface area contributed by atoms with Gasteiger partial charge < -0.3 is 10.6 Å². The summed E-state index contributed by atoms with van der Waals surface area (Å²) in [6, 6.07) is 4.67. The van der Waals surface area contributed by atoms with Crippen molar-refractivity contribution in [3.8, 4) is 0 Å². The molecule has 17 heavy (non-hydrogen) atoms. The highest BCUT2D eigenvalue weighted by atomic mass is 35.5. The van der Waals surface area contributed by atoms with Crippen LogP contribution >= 0.6 is 11.6 Å². The fourth-order valence-electron chi connectivity index (χ4n) is 1.37. The molecule has 0 heterocycles. The zero-order chi connectivity index (χ0) is 12.7. The van der Waals surface area contributed by atoms with E-state index in [4.69, 9.17) is 11.6 Å². The first kappa shape index (κ1) is 13.9. The molecule has 1 aromatic carbocycles. The number of hydrogen-bond acceptors (Lipinski definition) is 2. The van der Waals surface area contributed by atoms with E-state index in [1.165, 1.54) is 12.1 Å². The Balaban J connectivity index is 2.26. The number of carbonyl (C=O) groups excluding carboxylic acids is 1. The van der Waals surface area contributed by atoms with Crippen LogP contribution in [0.4, 0.5) is 4.39 Å². The third-order valence-corrected chi connectivity index (χ3v) is 2.52. The van der Waals surface area contributed by atoms with E-state index in [-0.39, 0.29) is 10.9 Å². The summed E-state index contributed by atoms with van der Waals surface area (Å²) in [5.74, 6) is -0.406. The minimum atomic E-state index is -0.422. The molecule has 2 N–H and O–H groups in total. The van der Waals surface area contributed by atoms with Gasteiger partial charge in [-0.15, -0.1) is 0 Å². The van der Waals surface area contributed by atoms with Crippen LogP contribution in [-0.2, 0) is 11.3 Å². The lowest BCUT2D eigenvalue weighted by Crippen LogP contribution is -2.27. The molecule has 0 unspecified atom stereocenters. The summed E-state index contributed by atoms with van der Waals surface area (Å²) in [6.45, 7) is 3.60. The second kappa shape index (κ2) is 7.25. The van der Waals surface area contributed by atoms with Gasteiger partial charge in [0.2, 0.25) is 5.91 Å². The molecule has 5 heteroatoms. The summed E-state index contributed by atoms with van der Waals surface area (Å²) in [5.41, 5.74) is 0.808. The summed E-state index contributed by atoms with van der Waals surface area (Å²) in [7, 11) is 0. The lowest BCUT2D eigenvalue weighted by molar-refractivity contribution is -0.120. The van der Waals surface area contributed by atoms with Gasteiger partial charge in [-0.25, -0.2) is 4.39 Å². The maximum Gasteiger partial charge on any atom is 0.221 e. The molecule has 94 valence electrons. The van der Waals surface area contributed by atoms with Gasteiger partial charge in [-0.3, -0.25) is 4.79 Å². The summed E-state index contributed by atoms with van der Waals surface area (Å²) in [6.07, 6.45) is 0.421. The molecule has 1 aromatic rings. The number of hydrogen-bond donors (Lipinski definition) is 2. The lowest BCUT2D eigenvalue weighted by atomic mass is 10.2. The molecule has 0 spiro atoms. The first-order chi connectivity index (χ1) is 8.13. The van der Waals surface area contributed by atoms with Crippen molar-refractivity contribution in [1.82, 2.24) is 10.6 Å². The molecule has 0 fully saturated rings. The molecule has 0 radical (unpaired) electrons. The van der Waals surface area contributed by atoms with Crippen molar-refractivity contribution in [2.45, 2.75) is 19.9 Å². The second-order valence-electron chi connectivity index (χ2n) is 3.63. The number of nitrogens with one attached hydrogen (secondary N) is 2. The Hall–Kier alpha value is -1.13. The predicted octanol–water partition coefficient (Wildman–Crippen LogP) is 2.09. The fraction of sp³-hybridized carbons (Fsp3) is 0.417. The molecular formula is C12H16ClFN2O. The third-order valence-electron chi connectivity index (χ3n) is 2.22. The molecule has 1 rings (SSSR count). The van der Waals surface area contributed by atoms with Crippen LogP contribution in [0.1, 0.15) is 18.9 Å². The highest BCUT2D eigenvalue weighted by Crippen LogP contribution is 2.15. The van der Waals surface area contributed by atoms with Crippen molar-refractivity contribution >= 4 is 17.5 Å². The van der Waals surface area contributed by atoms with Crippen molar-refractivity contribution in [2.24, 2.45) is 0 Å². The largest absolute Gasteiger partial charge is 0.356 e. The summed E-state index contributed by atoms with van der Waals surface area (Å²) >= 11 is 5.57. The maximum absolute atomic E-state index is 13.1. The standard InChI is InChI=1S/C12H16ClFN2O/c1-2-16-12(17)5-6-15-8-9-3-4-10(13)11(14)7-9/h3-4,7,15H,2,5-6,8H2,1H3,(H,16,17). The topological polar surface area (TPSA) is 41.1 Å². The van der Waals surface area contributed by atoms with Crippen molar-refractivity contribution in [3.05, 3.63) is 34.6 Å². The highest BCUT2D eigenvalue weighted by Gasteiger charge is 2.01. The summed E-state index contributed by atoms with van der Waals surface area (Å²) in [4.78, 5) is 11.1. The zero-order valence-corrected chi connectivity index (χ0v) is 10.5. The van der Waals surface area contributed by atoms with E-state index in [1.807, 2.05) is 6.92 Å². The smallest absolute Gasteiger partial charge is 0.221 e. The molecular weight excluding hydrogens is 243 g/mol. The van der Waals surface area contributed by atoms with Gasteiger partial charge in [0, 0.05) is 26.1 Å². The maximum atomic E-state index is 13.1. The zero-order valence-electron chi connectivity index (χ0n) is 9.72. The van der Waals surface area contributed by atoms with Crippen LogP contribution in [0.15, 0.2) is 18.2 Å². The van der Waals surface area contributed by atoms with Crippen LogP contribution in [-0.4, -0.2) is 19.0 Å². The van der Waals surface area contributed by atoms with Crippen LogP contribution in [0, 0.1) is 5.82 Å². The average molecular weight is 259 g/mol. The van der Waals surface area contributed by atoms with Gasteiger partial charge in [0.1, 0.15) is 5.82 Å². The summed E-state index contributed by atoms with van der Waals surface area (Å²) < 4.78 is 13.1. The monoisotopic (exact) mass is 258 g/mol. The molecule has 0 atom stereocenters. The number of rotatable bonds is 6. The third kappa shape index (κ3) is 5.15. The Kier molecular flexibility index (Phi) is 5.94. The minimum absolute atomic E-state index is 0.0160. The van der Waals surface area contributed by atoms with Crippen LogP contribution in [0.2, 0.25) is 5.02 Å². The van der Waals surface area contributed by atoms with Crippen molar-refractivity contribution < 1.29 is 9.18 Å². The Morgan fingerprint density at radius 1 is 1.47 bits per heavy atom. The first-order valence-corrected chi connectivity index (χ1v) is 5.92. The van der Waals surface area contributed by atoms with E-state index in [0.717, 1.165) is 5.56 Å². The van der Waals surface area contributed by atoms with Crippen molar-refractivity contribution in [2.75, 3.05) is 13.1 Å². The van der Waals surface area contributed by atoms with Crippen LogP contribution in [0.3, 0.4) is 0 Å². The summed E-state index contributed by atoms with van der Waals surface area (Å²) in [5, 5.41) is 5.89. The van der Waals surface area contributed by atoms with Gasteiger partial charge in [0.15, 0.2) is 0 Å². The van der Waals surface area contributed by atoms with Gasteiger partial charge in [-0.1, -0.05) is 17.7 Å². The SMILES string of the molecule is CCNC(=O)CCNCc1ccc(Cl)c(F)c1. The van der Waals surface area contributed by atoms with E-state index < -0.39 is 5.82 Å². The number of carbonyl (C=O) groups is 1. The first-order valence-electron chi connectivity index (χ1n) is 5.54. The number of halogens is 2. The van der Waals surface area contributed by atoms with Gasteiger partial charge >= 0.3 is 0 Å². The molecule has 1 amide bonds. The Morgan fingerprint density at radius 3 is 2.88 bits per heavy atom. The Labute approximate surface area is 105 Å². The molecule has 0 saturated heterocycles. The van der Waals surface area contributed by atoms with Gasteiger partial charge in [0.25, 0.3) is 0 Å². The Morgan fingerprint density at radius 2 is 2.24 bits per heavy atom. The number of benzene rings is 1. The molecule has 0 bridgehead atoms. The van der Waals surface area contributed by atoms with Crippen LogP contribution in [0.5, 0.6) is 0 Å². The normalized spacial score (nSPS) is 10.3. The molecule has 0 aliphatic carbocycles. The van der Waals surface area contributed by atoms with E-state index >= 15 is 0 Å². The van der Waals surface area contributed by atoms with Crippen LogP contribution < -0.4 is 10.6 Å². The van der Waals surface area contributed by atoms with Crippen LogP contribution in [0.25, 0.3) is 0 Å². The van der Waals surface area contributed by atoms with E-state index in [2.05, 4.69) is 10.6 Å². The van der Waals surface area contributed by atoms with Gasteiger partial charge in [0.05, 0.1) is 5.02 Å². The molecule has 0 saturated carbocycles. The number of amides is 1. The Bertz CT molecular complexity index is 385. The quantitative estimate of drug-likeness (QED) is 0.768. The van der Waals surface area contributed by atoms with E-state index in [9.17, 15) is 9.18 Å². The predicted molar refractivity (Wildman–Crippen MR) is 66.4 cm³/mol. The van der Waals surface area contributed by atoms with Gasteiger partial charge in [-0.05, 0) is 24.6 Å². The molecule has 0 aliphatic rings. The lowest BCUT2D eigenvalue weighted by Gasteiger charge is -2.05.